The van der Waals surface area contributed by atoms with Crippen molar-refractivity contribution in [3.05, 3.63) is 30.7 Å². The predicted octanol–water partition coefficient (Wildman–Crippen LogP) is 1.87. The molecule has 1 atom stereocenters. The number of H-pyrrole nitrogens is 1. The Hall–Kier alpha value is -2.71. The normalized spacial score (nSPS) is 20.9. The van der Waals surface area contributed by atoms with E-state index in [1.54, 1.807) is 7.11 Å². The first kappa shape index (κ1) is 19.3. The summed E-state index contributed by atoms with van der Waals surface area (Å²) in [6.45, 7) is 5.59. The van der Waals surface area contributed by atoms with Crippen LogP contribution >= 0.6 is 0 Å². The smallest absolute Gasteiger partial charge is 0.236 e. The number of fused-ring (bicyclic) bond motifs is 3. The SMILES string of the molecule is COC1CCCN(C(=O)CN2CCN(c3ccnc4cnc5[nH]ccc5c34)CC2)C1. The van der Waals surface area contributed by atoms with Gasteiger partial charge < -0.3 is 19.5 Å². The van der Waals surface area contributed by atoms with E-state index in [4.69, 9.17) is 4.74 Å². The summed E-state index contributed by atoms with van der Waals surface area (Å²) in [7, 11) is 1.73. The van der Waals surface area contributed by atoms with Gasteiger partial charge in [0.1, 0.15) is 5.65 Å². The fourth-order valence-electron chi connectivity index (χ4n) is 4.69. The third kappa shape index (κ3) is 3.61. The summed E-state index contributed by atoms with van der Waals surface area (Å²) in [5.41, 5.74) is 2.99. The van der Waals surface area contributed by atoms with Crippen LogP contribution in [0.3, 0.4) is 0 Å². The number of hydrogen-bond acceptors (Lipinski definition) is 6. The van der Waals surface area contributed by atoms with Gasteiger partial charge in [0.05, 0.1) is 24.4 Å². The molecule has 5 rings (SSSR count). The van der Waals surface area contributed by atoms with Crippen molar-refractivity contribution in [3.63, 3.8) is 0 Å². The standard InChI is InChI=1S/C22H28N6O2/c1-30-16-3-2-8-28(14-16)20(29)15-26-9-11-27(12-10-26)19-5-7-23-18-13-25-22-17(21(18)19)4-6-24-22/h4-7,13,16H,2-3,8-12,14-15H2,1H3,(H,24,25). The van der Waals surface area contributed by atoms with E-state index in [2.05, 4.69) is 36.9 Å². The van der Waals surface area contributed by atoms with Crippen LogP contribution in [-0.2, 0) is 9.53 Å². The van der Waals surface area contributed by atoms with Crippen LogP contribution in [0.15, 0.2) is 30.7 Å². The van der Waals surface area contributed by atoms with Crippen LogP contribution in [0, 0.1) is 0 Å². The number of aromatic amines is 1. The van der Waals surface area contributed by atoms with E-state index in [-0.39, 0.29) is 12.0 Å². The van der Waals surface area contributed by atoms with Gasteiger partial charge in [0.25, 0.3) is 0 Å². The molecule has 3 aromatic heterocycles. The zero-order valence-electron chi connectivity index (χ0n) is 17.4. The molecule has 8 nitrogen and oxygen atoms in total. The van der Waals surface area contributed by atoms with Crippen LogP contribution in [0.1, 0.15) is 12.8 Å². The van der Waals surface area contributed by atoms with Gasteiger partial charge in [-0.05, 0) is 25.0 Å². The van der Waals surface area contributed by atoms with Gasteiger partial charge in [-0.2, -0.15) is 0 Å². The number of nitrogens with one attached hydrogen (secondary N) is 1. The maximum absolute atomic E-state index is 12.8. The second-order valence-corrected chi connectivity index (χ2v) is 8.19. The fraction of sp³-hybridized carbons (Fsp3) is 0.500. The Balaban J connectivity index is 1.26. The van der Waals surface area contributed by atoms with E-state index in [0.29, 0.717) is 6.54 Å². The lowest BCUT2D eigenvalue weighted by molar-refractivity contribution is -0.136. The zero-order chi connectivity index (χ0) is 20.5. The third-order valence-corrected chi connectivity index (χ3v) is 6.40. The molecular weight excluding hydrogens is 380 g/mol. The summed E-state index contributed by atoms with van der Waals surface area (Å²) >= 11 is 0. The van der Waals surface area contributed by atoms with E-state index in [0.717, 1.165) is 74.0 Å². The van der Waals surface area contributed by atoms with Crippen molar-refractivity contribution < 1.29 is 9.53 Å². The quantitative estimate of drug-likeness (QED) is 0.710. The van der Waals surface area contributed by atoms with Crippen LogP contribution in [-0.4, -0.2) is 89.7 Å². The van der Waals surface area contributed by atoms with Crippen molar-refractivity contribution >= 4 is 33.5 Å². The summed E-state index contributed by atoms with van der Waals surface area (Å²) in [5.74, 6) is 0.222. The molecule has 8 heteroatoms. The lowest BCUT2D eigenvalue weighted by Gasteiger charge is -2.38. The summed E-state index contributed by atoms with van der Waals surface area (Å²) in [6.07, 6.45) is 7.86. The second-order valence-electron chi connectivity index (χ2n) is 8.19. The number of amides is 1. The Morgan fingerprint density at radius 2 is 2.07 bits per heavy atom. The fourth-order valence-corrected chi connectivity index (χ4v) is 4.69. The average molecular weight is 409 g/mol. The molecule has 1 amide bonds. The Labute approximate surface area is 175 Å². The molecule has 1 N–H and O–H groups in total. The Morgan fingerprint density at radius 1 is 1.20 bits per heavy atom. The number of carbonyl (C=O) groups excluding carboxylic acids is 1. The van der Waals surface area contributed by atoms with Gasteiger partial charge in [-0.15, -0.1) is 0 Å². The first-order chi connectivity index (χ1) is 14.7. The minimum atomic E-state index is 0.180. The minimum absolute atomic E-state index is 0.180. The number of ether oxygens (including phenoxy) is 1. The van der Waals surface area contributed by atoms with Crippen molar-refractivity contribution in [1.82, 2.24) is 24.8 Å². The molecule has 0 aromatic carbocycles. The number of pyridine rings is 2. The Kier molecular flexibility index (Phi) is 5.26. The molecule has 2 fully saturated rings. The van der Waals surface area contributed by atoms with E-state index < -0.39 is 0 Å². The number of anilines is 1. The number of likely N-dealkylation sites (tertiary alicyclic amines) is 1. The van der Waals surface area contributed by atoms with E-state index in [1.807, 2.05) is 23.5 Å². The van der Waals surface area contributed by atoms with Crippen molar-refractivity contribution in [3.8, 4) is 0 Å². The van der Waals surface area contributed by atoms with Crippen LogP contribution in [0.2, 0.25) is 0 Å². The van der Waals surface area contributed by atoms with Gasteiger partial charge in [-0.1, -0.05) is 0 Å². The van der Waals surface area contributed by atoms with E-state index >= 15 is 0 Å². The molecule has 158 valence electrons. The molecule has 0 bridgehead atoms. The molecule has 2 aliphatic rings. The van der Waals surface area contributed by atoms with Gasteiger partial charge in [0, 0.05) is 75.2 Å². The lowest BCUT2D eigenvalue weighted by Crippen LogP contribution is -2.52. The first-order valence-electron chi connectivity index (χ1n) is 10.7. The second kappa shape index (κ2) is 8.20. The number of nitrogens with zero attached hydrogens (tertiary/aromatic N) is 5. The molecular formula is C22H28N6O2. The number of hydrogen-bond donors (Lipinski definition) is 1. The lowest BCUT2D eigenvalue weighted by atomic mass is 10.1. The molecule has 0 saturated carbocycles. The summed E-state index contributed by atoms with van der Waals surface area (Å²) in [4.78, 5) is 31.6. The van der Waals surface area contributed by atoms with Crippen molar-refractivity contribution in [1.29, 1.82) is 0 Å². The Bertz CT molecular complexity index is 1040. The number of piperazine rings is 1. The maximum atomic E-state index is 12.8. The van der Waals surface area contributed by atoms with Crippen LogP contribution < -0.4 is 4.90 Å². The van der Waals surface area contributed by atoms with Crippen LogP contribution in [0.5, 0.6) is 0 Å². The number of aromatic nitrogens is 3. The molecule has 0 radical (unpaired) electrons. The van der Waals surface area contributed by atoms with Crippen molar-refractivity contribution in [2.24, 2.45) is 0 Å². The maximum Gasteiger partial charge on any atom is 0.236 e. The molecule has 2 saturated heterocycles. The zero-order valence-corrected chi connectivity index (χ0v) is 17.4. The van der Waals surface area contributed by atoms with Gasteiger partial charge in [-0.3, -0.25) is 14.7 Å². The van der Waals surface area contributed by atoms with E-state index in [1.165, 1.54) is 5.69 Å². The monoisotopic (exact) mass is 408 g/mol. The highest BCUT2D eigenvalue weighted by Gasteiger charge is 2.26. The minimum Gasteiger partial charge on any atom is -0.380 e. The van der Waals surface area contributed by atoms with Crippen LogP contribution in [0.25, 0.3) is 21.9 Å². The number of methoxy groups -OCH3 is 1. The van der Waals surface area contributed by atoms with Gasteiger partial charge in [0.15, 0.2) is 0 Å². The van der Waals surface area contributed by atoms with Crippen molar-refractivity contribution in [2.75, 3.05) is 57.8 Å². The number of rotatable bonds is 4. The molecule has 0 aliphatic carbocycles. The average Bonchev–Trinajstić information content (AvgIpc) is 3.28. The summed E-state index contributed by atoms with van der Waals surface area (Å²) < 4.78 is 5.46. The predicted molar refractivity (Wildman–Crippen MR) is 117 cm³/mol. The van der Waals surface area contributed by atoms with Gasteiger partial charge in [0.2, 0.25) is 5.91 Å². The molecule has 30 heavy (non-hydrogen) atoms. The number of carbonyl (C=O) groups is 1. The molecule has 2 aliphatic heterocycles. The topological polar surface area (TPSA) is 77.6 Å². The highest BCUT2D eigenvalue weighted by atomic mass is 16.5. The highest BCUT2D eigenvalue weighted by Crippen LogP contribution is 2.31. The molecule has 5 heterocycles. The van der Waals surface area contributed by atoms with Crippen molar-refractivity contribution in [2.45, 2.75) is 18.9 Å². The molecule has 1 unspecified atom stereocenters. The summed E-state index contributed by atoms with van der Waals surface area (Å²) in [6, 6.07) is 4.16. The summed E-state index contributed by atoms with van der Waals surface area (Å²) in [5, 5.41) is 2.25. The number of piperidine rings is 1. The molecule has 3 aromatic rings. The molecule has 0 spiro atoms. The largest absolute Gasteiger partial charge is 0.380 e. The van der Waals surface area contributed by atoms with E-state index in [9.17, 15) is 4.79 Å². The van der Waals surface area contributed by atoms with Gasteiger partial charge in [-0.25, -0.2) is 4.98 Å². The van der Waals surface area contributed by atoms with Crippen LogP contribution in [0.4, 0.5) is 5.69 Å². The third-order valence-electron chi connectivity index (χ3n) is 6.40. The first-order valence-corrected chi connectivity index (χ1v) is 10.7. The Morgan fingerprint density at radius 3 is 2.90 bits per heavy atom. The van der Waals surface area contributed by atoms with Gasteiger partial charge >= 0.3 is 0 Å². The highest BCUT2D eigenvalue weighted by molar-refractivity contribution is 6.09.